The van der Waals surface area contributed by atoms with E-state index in [4.69, 9.17) is 0 Å². The fourth-order valence-electron chi connectivity index (χ4n) is 3.42. The molecule has 4 aromatic carbocycles. The first kappa shape index (κ1) is 14.5. The average Bonchev–Trinajstić information content (AvgIpc) is 2.59. The summed E-state index contributed by atoms with van der Waals surface area (Å²) in [4.78, 5) is 12.7. The lowest BCUT2D eigenvalue weighted by molar-refractivity contribution is 0.0991. The van der Waals surface area contributed by atoms with Crippen LogP contribution >= 0.6 is 11.8 Å². The summed E-state index contributed by atoms with van der Waals surface area (Å²) in [7, 11) is 0. The van der Waals surface area contributed by atoms with Crippen molar-refractivity contribution < 1.29 is 4.79 Å². The fourth-order valence-corrected chi connectivity index (χ4v) is 4.04. The summed E-state index contributed by atoms with van der Waals surface area (Å²) >= 11 is 1.82. The van der Waals surface area contributed by atoms with Gasteiger partial charge in [0.05, 0.1) is 0 Å². The van der Waals surface area contributed by atoms with Crippen LogP contribution < -0.4 is 0 Å². The maximum atomic E-state index is 12.7. The third-order valence-corrected chi connectivity index (χ3v) is 5.41. The van der Waals surface area contributed by atoms with Gasteiger partial charge in [-0.15, -0.1) is 0 Å². The number of benzene rings is 4. The molecule has 23 heavy (non-hydrogen) atoms. The molecule has 0 radical (unpaired) electrons. The number of hydrogen-bond donors (Lipinski definition) is 0. The molecular weight excluding hydrogens is 300 g/mol. The van der Waals surface area contributed by atoms with E-state index in [0.29, 0.717) is 6.42 Å². The minimum Gasteiger partial charge on any atom is -0.294 e. The Labute approximate surface area is 140 Å². The lowest BCUT2D eigenvalue weighted by atomic mass is 9.90. The maximum absolute atomic E-state index is 12.7. The summed E-state index contributed by atoms with van der Waals surface area (Å²) in [6, 6.07) is 19.1. The second kappa shape index (κ2) is 5.86. The predicted octanol–water partition coefficient (Wildman–Crippen LogP) is 5.91. The van der Waals surface area contributed by atoms with Crippen LogP contribution in [0.4, 0.5) is 0 Å². The highest BCUT2D eigenvalue weighted by Gasteiger charge is 2.14. The van der Waals surface area contributed by atoms with E-state index in [0.717, 1.165) is 22.5 Å². The van der Waals surface area contributed by atoms with Gasteiger partial charge in [-0.25, -0.2) is 0 Å². The van der Waals surface area contributed by atoms with Crippen LogP contribution in [0.5, 0.6) is 0 Å². The van der Waals surface area contributed by atoms with Gasteiger partial charge in [-0.3, -0.25) is 4.79 Å². The molecule has 4 aromatic rings. The Balaban J connectivity index is 1.94. The Morgan fingerprint density at radius 2 is 1.52 bits per heavy atom. The van der Waals surface area contributed by atoms with Gasteiger partial charge in [0, 0.05) is 17.7 Å². The third-order valence-electron chi connectivity index (χ3n) is 4.51. The molecule has 0 aliphatic carbocycles. The smallest absolute Gasteiger partial charge is 0.164 e. The van der Waals surface area contributed by atoms with E-state index in [1.165, 1.54) is 26.9 Å². The van der Waals surface area contributed by atoms with Crippen LogP contribution in [-0.2, 0) is 0 Å². The van der Waals surface area contributed by atoms with Crippen LogP contribution in [0.2, 0.25) is 0 Å². The second-order valence-corrected chi connectivity index (χ2v) is 7.23. The number of thioether (sulfide) groups is 1. The third kappa shape index (κ3) is 2.38. The molecule has 0 atom stereocenters. The van der Waals surface area contributed by atoms with E-state index in [2.05, 4.69) is 55.5 Å². The summed E-state index contributed by atoms with van der Waals surface area (Å²) in [5, 5.41) is 7.30. The van der Waals surface area contributed by atoms with Gasteiger partial charge in [0.2, 0.25) is 0 Å². The zero-order chi connectivity index (χ0) is 15.8. The van der Waals surface area contributed by atoms with Crippen LogP contribution in [0.3, 0.4) is 0 Å². The molecule has 0 N–H and O–H groups in total. The van der Waals surface area contributed by atoms with E-state index in [1.54, 1.807) is 0 Å². The number of ketones is 1. The van der Waals surface area contributed by atoms with Gasteiger partial charge in [0.15, 0.2) is 5.78 Å². The quantitative estimate of drug-likeness (QED) is 0.258. The van der Waals surface area contributed by atoms with Crippen molar-refractivity contribution >= 4 is 49.9 Å². The molecule has 0 amide bonds. The van der Waals surface area contributed by atoms with Crippen molar-refractivity contribution in [1.82, 2.24) is 0 Å². The molecule has 0 saturated heterocycles. The summed E-state index contributed by atoms with van der Waals surface area (Å²) < 4.78 is 0. The minimum absolute atomic E-state index is 0.254. The molecule has 0 aliphatic heterocycles. The average molecular weight is 318 g/mol. The Hall–Kier alpha value is -2.06. The van der Waals surface area contributed by atoms with Gasteiger partial charge >= 0.3 is 0 Å². The Morgan fingerprint density at radius 1 is 0.870 bits per heavy atom. The number of Topliss-reactive ketones (excluding diaryl/α,β-unsaturated/α-hetero) is 1. The van der Waals surface area contributed by atoms with Crippen molar-refractivity contribution in [3.05, 3.63) is 60.2 Å². The van der Waals surface area contributed by atoms with Crippen molar-refractivity contribution in [3.63, 3.8) is 0 Å². The van der Waals surface area contributed by atoms with Crippen molar-refractivity contribution in [3.8, 4) is 0 Å². The van der Waals surface area contributed by atoms with Crippen molar-refractivity contribution in [2.75, 3.05) is 11.5 Å². The fraction of sp³-hybridized carbons (Fsp3) is 0.190. The first-order valence-corrected chi connectivity index (χ1v) is 9.22. The van der Waals surface area contributed by atoms with Crippen LogP contribution in [0.1, 0.15) is 23.7 Å². The Kier molecular flexibility index (Phi) is 3.70. The lowest BCUT2D eigenvalue weighted by Crippen LogP contribution is -2.02. The van der Waals surface area contributed by atoms with Crippen molar-refractivity contribution in [1.29, 1.82) is 0 Å². The minimum atomic E-state index is 0.254. The highest BCUT2D eigenvalue weighted by Crippen LogP contribution is 2.36. The van der Waals surface area contributed by atoms with E-state index in [9.17, 15) is 4.79 Å². The molecule has 2 heteroatoms. The molecule has 1 nitrogen and oxygen atoms in total. The number of carbonyl (C=O) groups is 1. The topological polar surface area (TPSA) is 17.1 Å². The number of carbonyl (C=O) groups excluding carboxylic acids is 1. The van der Waals surface area contributed by atoms with Gasteiger partial charge in [0.1, 0.15) is 0 Å². The molecule has 0 fully saturated rings. The monoisotopic (exact) mass is 318 g/mol. The van der Waals surface area contributed by atoms with Gasteiger partial charge in [-0.2, -0.15) is 11.8 Å². The number of rotatable bonds is 5. The zero-order valence-electron chi connectivity index (χ0n) is 13.1. The molecule has 0 spiro atoms. The predicted molar refractivity (Wildman–Crippen MR) is 102 cm³/mol. The van der Waals surface area contributed by atoms with Gasteiger partial charge < -0.3 is 0 Å². The Bertz CT molecular complexity index is 987. The summed E-state index contributed by atoms with van der Waals surface area (Å²) in [5.74, 6) is 2.21. The van der Waals surface area contributed by atoms with Crippen molar-refractivity contribution in [2.24, 2.45) is 0 Å². The molecule has 114 valence electrons. The van der Waals surface area contributed by atoms with Crippen LogP contribution in [-0.4, -0.2) is 17.3 Å². The first-order chi connectivity index (χ1) is 11.3. The molecule has 0 aromatic heterocycles. The number of hydrogen-bond acceptors (Lipinski definition) is 2. The summed E-state index contributed by atoms with van der Waals surface area (Å²) in [5.41, 5.74) is 0.868. The molecule has 4 rings (SSSR count). The normalized spacial score (nSPS) is 11.7. The molecule has 0 bridgehead atoms. The van der Waals surface area contributed by atoms with Gasteiger partial charge in [-0.1, -0.05) is 61.5 Å². The standard InChI is InChI=1S/C21H18OS/c1-2-23-13-12-19(22)17-10-8-16-7-6-14-4-3-5-15-9-11-18(17)21(16)20(14)15/h3-11H,2,12-13H2,1H3. The molecule has 0 aliphatic rings. The molecular formula is C21H18OS. The maximum Gasteiger partial charge on any atom is 0.164 e. The van der Waals surface area contributed by atoms with E-state index in [1.807, 2.05) is 17.8 Å². The largest absolute Gasteiger partial charge is 0.294 e. The molecule has 0 saturated carbocycles. The SMILES string of the molecule is CCSCCC(=O)c1ccc2ccc3cccc4ccc1c2c34. The zero-order valence-corrected chi connectivity index (χ0v) is 14.0. The summed E-state index contributed by atoms with van der Waals surface area (Å²) in [6.45, 7) is 2.13. The lowest BCUT2D eigenvalue weighted by Gasteiger charge is -2.13. The van der Waals surface area contributed by atoms with Crippen LogP contribution in [0.25, 0.3) is 32.3 Å². The van der Waals surface area contributed by atoms with Gasteiger partial charge in [-0.05, 0) is 38.1 Å². The van der Waals surface area contributed by atoms with E-state index in [-0.39, 0.29) is 5.78 Å². The second-order valence-electron chi connectivity index (χ2n) is 5.84. The van der Waals surface area contributed by atoms with E-state index >= 15 is 0 Å². The van der Waals surface area contributed by atoms with Crippen LogP contribution in [0, 0.1) is 0 Å². The Morgan fingerprint density at radius 3 is 2.26 bits per heavy atom. The highest BCUT2D eigenvalue weighted by atomic mass is 32.2. The summed E-state index contributed by atoms with van der Waals surface area (Å²) in [6.07, 6.45) is 0.614. The van der Waals surface area contributed by atoms with E-state index < -0.39 is 0 Å². The van der Waals surface area contributed by atoms with Crippen molar-refractivity contribution in [2.45, 2.75) is 13.3 Å². The van der Waals surface area contributed by atoms with Gasteiger partial charge in [0.25, 0.3) is 0 Å². The molecule has 0 unspecified atom stereocenters. The van der Waals surface area contributed by atoms with Crippen LogP contribution in [0.15, 0.2) is 54.6 Å². The molecule has 0 heterocycles. The first-order valence-electron chi connectivity index (χ1n) is 8.07. The highest BCUT2D eigenvalue weighted by molar-refractivity contribution is 7.99.